The van der Waals surface area contributed by atoms with E-state index >= 15 is 0 Å². The van der Waals surface area contributed by atoms with E-state index in [1.807, 2.05) is 6.20 Å². The summed E-state index contributed by atoms with van der Waals surface area (Å²) in [4.78, 5) is 20.2. The van der Waals surface area contributed by atoms with Crippen LogP contribution in [0.2, 0.25) is 0 Å². The summed E-state index contributed by atoms with van der Waals surface area (Å²) in [6.07, 6.45) is 0.703. The van der Waals surface area contributed by atoms with Gasteiger partial charge in [-0.25, -0.2) is 9.97 Å². The molecule has 1 fully saturated rings. The lowest BCUT2D eigenvalue weighted by Crippen LogP contribution is -2.26. The summed E-state index contributed by atoms with van der Waals surface area (Å²) in [5, 5.41) is 14.1. The third-order valence-electron chi connectivity index (χ3n) is 5.74. The molecule has 1 amide bonds. The second kappa shape index (κ2) is 7.86. The fourth-order valence-electron chi connectivity index (χ4n) is 4.11. The van der Waals surface area contributed by atoms with Crippen LogP contribution >= 0.6 is 0 Å². The molecule has 0 radical (unpaired) electrons. The average Bonchev–Trinajstić information content (AvgIpc) is 3.15. The summed E-state index contributed by atoms with van der Waals surface area (Å²) in [7, 11) is 0. The highest BCUT2D eigenvalue weighted by Crippen LogP contribution is 2.37. The Labute approximate surface area is 182 Å². The maximum atomic E-state index is 13.2. The second-order valence-electron chi connectivity index (χ2n) is 8.57. The van der Waals surface area contributed by atoms with E-state index in [1.54, 1.807) is 30.5 Å². The number of hydrogen-bond acceptors (Lipinski definition) is 5. The topological polar surface area (TPSA) is 106 Å². The first kappa shape index (κ1) is 22.2. The van der Waals surface area contributed by atoms with Crippen molar-refractivity contribution in [1.29, 1.82) is 0 Å². The highest BCUT2D eigenvalue weighted by molar-refractivity contribution is 5.98. The summed E-state index contributed by atoms with van der Waals surface area (Å²) in [5.41, 5.74) is 4.67. The van der Waals surface area contributed by atoms with E-state index in [9.17, 15) is 23.1 Å². The number of hydrogen-bond donors (Lipinski definition) is 3. The van der Waals surface area contributed by atoms with Crippen LogP contribution in [0.3, 0.4) is 0 Å². The minimum absolute atomic E-state index is 0.113. The number of nitrogens with zero attached hydrogens (tertiary/aromatic N) is 3. The molecule has 4 heterocycles. The lowest BCUT2D eigenvalue weighted by Gasteiger charge is -2.23. The smallest absolute Gasteiger partial charge is 0.386 e. The normalized spacial score (nSPS) is 15.9. The van der Waals surface area contributed by atoms with Gasteiger partial charge >= 0.3 is 6.18 Å². The number of halogens is 3. The summed E-state index contributed by atoms with van der Waals surface area (Å²) in [6.45, 7) is 4.91. The van der Waals surface area contributed by atoms with Crippen LogP contribution < -0.4 is 11.1 Å². The predicted molar refractivity (Wildman–Crippen MR) is 112 cm³/mol. The Morgan fingerprint density at radius 1 is 1.16 bits per heavy atom. The van der Waals surface area contributed by atoms with Crippen molar-refractivity contribution in [3.63, 3.8) is 0 Å². The molecule has 170 valence electrons. The Morgan fingerprint density at radius 2 is 1.84 bits per heavy atom. The van der Waals surface area contributed by atoms with Gasteiger partial charge < -0.3 is 20.6 Å². The lowest BCUT2D eigenvalue weighted by atomic mass is 9.90. The number of pyridine rings is 2. The number of carbonyl (C=O) groups excluding carboxylic acids is 1. The number of nitrogens with one attached hydrogen (secondary N) is 1. The molecule has 0 atom stereocenters. The van der Waals surface area contributed by atoms with E-state index in [4.69, 9.17) is 10.7 Å². The molecule has 3 aromatic rings. The van der Waals surface area contributed by atoms with Crippen molar-refractivity contribution >= 4 is 11.6 Å². The Kier molecular flexibility index (Phi) is 5.46. The van der Waals surface area contributed by atoms with Gasteiger partial charge in [0.05, 0.1) is 11.3 Å². The zero-order chi connectivity index (χ0) is 23.3. The fraction of sp³-hybridized carbons (Fsp3) is 0.409. The van der Waals surface area contributed by atoms with Gasteiger partial charge in [0.15, 0.2) is 0 Å². The van der Waals surface area contributed by atoms with Gasteiger partial charge in [-0.1, -0.05) is 0 Å². The van der Waals surface area contributed by atoms with Crippen molar-refractivity contribution in [2.24, 2.45) is 5.73 Å². The first-order valence-corrected chi connectivity index (χ1v) is 10.3. The Bertz CT molecular complexity index is 1170. The van der Waals surface area contributed by atoms with Crippen molar-refractivity contribution in [2.75, 3.05) is 13.1 Å². The van der Waals surface area contributed by atoms with Crippen molar-refractivity contribution in [1.82, 2.24) is 19.7 Å². The molecule has 0 unspecified atom stereocenters. The molecule has 4 rings (SSSR count). The molecule has 0 bridgehead atoms. The summed E-state index contributed by atoms with van der Waals surface area (Å²) in [6, 6.07) is 3.65. The quantitative estimate of drug-likeness (QED) is 0.570. The van der Waals surface area contributed by atoms with E-state index in [-0.39, 0.29) is 5.56 Å². The number of imidazole rings is 1. The molecule has 0 saturated carbocycles. The van der Waals surface area contributed by atoms with E-state index in [2.05, 4.69) is 10.3 Å². The Balaban J connectivity index is 1.92. The van der Waals surface area contributed by atoms with Gasteiger partial charge in [0, 0.05) is 29.4 Å². The maximum Gasteiger partial charge on any atom is 0.433 e. The number of nitrogens with two attached hydrogens (primary N) is 1. The SMILES string of the molecule is CC(C)(O)c1cc2nc(C3CCNCC3)cn2cc1-c1ccc(C(F)(F)F)nc1C(N)=O. The zero-order valence-corrected chi connectivity index (χ0v) is 17.7. The molecule has 0 aliphatic carbocycles. The van der Waals surface area contributed by atoms with Crippen LogP contribution in [-0.4, -0.2) is 38.5 Å². The van der Waals surface area contributed by atoms with Crippen molar-refractivity contribution < 1.29 is 23.1 Å². The maximum absolute atomic E-state index is 13.2. The second-order valence-corrected chi connectivity index (χ2v) is 8.57. The van der Waals surface area contributed by atoms with Crippen LogP contribution in [0.25, 0.3) is 16.8 Å². The molecule has 4 N–H and O–H groups in total. The number of piperidine rings is 1. The molecular formula is C22H24F3N5O2. The van der Waals surface area contributed by atoms with Crippen LogP contribution in [-0.2, 0) is 11.8 Å². The van der Waals surface area contributed by atoms with Crippen LogP contribution in [0, 0.1) is 0 Å². The number of fused-ring (bicyclic) bond motifs is 1. The number of carbonyl (C=O) groups is 1. The van der Waals surface area contributed by atoms with E-state index < -0.39 is 29.1 Å². The highest BCUT2D eigenvalue weighted by Gasteiger charge is 2.34. The fourth-order valence-corrected chi connectivity index (χ4v) is 4.11. The number of primary amides is 1. The standard InChI is InChI=1S/C22H24F3N5O2/c1-21(2,32)15-9-18-28-16(12-5-7-27-8-6-12)11-30(18)10-14(15)13-3-4-17(22(23,24)25)29-19(13)20(26)31/h3-4,9-12,27,32H,5-8H2,1-2H3,(H2,26,31). The van der Waals surface area contributed by atoms with Gasteiger partial charge in [-0.05, 0) is 63.5 Å². The molecule has 1 saturated heterocycles. The minimum atomic E-state index is -4.72. The average molecular weight is 447 g/mol. The first-order chi connectivity index (χ1) is 14.9. The van der Waals surface area contributed by atoms with E-state index in [0.29, 0.717) is 22.7 Å². The van der Waals surface area contributed by atoms with E-state index in [1.165, 1.54) is 0 Å². The molecule has 3 aromatic heterocycles. The third kappa shape index (κ3) is 4.20. The van der Waals surface area contributed by atoms with Gasteiger partial charge in [-0.15, -0.1) is 0 Å². The monoisotopic (exact) mass is 447 g/mol. The van der Waals surface area contributed by atoms with Crippen molar-refractivity contribution in [3.05, 3.63) is 53.2 Å². The number of rotatable bonds is 4. The summed E-state index contributed by atoms with van der Waals surface area (Å²) >= 11 is 0. The van der Waals surface area contributed by atoms with Crippen LogP contribution in [0.15, 0.2) is 30.6 Å². The molecule has 0 aromatic carbocycles. The summed E-state index contributed by atoms with van der Waals surface area (Å²) in [5.74, 6) is -0.798. The number of aliphatic hydroxyl groups is 1. The molecule has 1 aliphatic heterocycles. The van der Waals surface area contributed by atoms with Crippen molar-refractivity contribution in [2.45, 2.75) is 44.4 Å². The lowest BCUT2D eigenvalue weighted by molar-refractivity contribution is -0.141. The number of aromatic nitrogens is 3. The van der Waals surface area contributed by atoms with E-state index in [0.717, 1.165) is 43.8 Å². The van der Waals surface area contributed by atoms with Gasteiger partial charge in [0.2, 0.25) is 0 Å². The highest BCUT2D eigenvalue weighted by atomic mass is 19.4. The van der Waals surface area contributed by atoms with Crippen LogP contribution in [0.5, 0.6) is 0 Å². The molecule has 10 heteroatoms. The predicted octanol–water partition coefficient (Wildman–Crippen LogP) is 3.21. The molecule has 32 heavy (non-hydrogen) atoms. The Morgan fingerprint density at radius 3 is 2.44 bits per heavy atom. The summed E-state index contributed by atoms with van der Waals surface area (Å²) < 4.78 is 41.2. The van der Waals surface area contributed by atoms with Gasteiger partial charge in [-0.2, -0.15) is 13.2 Å². The largest absolute Gasteiger partial charge is 0.433 e. The van der Waals surface area contributed by atoms with Gasteiger partial charge in [0.1, 0.15) is 17.0 Å². The minimum Gasteiger partial charge on any atom is -0.386 e. The first-order valence-electron chi connectivity index (χ1n) is 10.3. The third-order valence-corrected chi connectivity index (χ3v) is 5.74. The number of amides is 1. The number of alkyl halides is 3. The van der Waals surface area contributed by atoms with Gasteiger partial charge in [-0.3, -0.25) is 4.79 Å². The Hall–Kier alpha value is -2.98. The van der Waals surface area contributed by atoms with Crippen molar-refractivity contribution in [3.8, 4) is 11.1 Å². The molecular weight excluding hydrogens is 423 g/mol. The van der Waals surface area contributed by atoms with Crippen LogP contribution in [0.4, 0.5) is 13.2 Å². The molecule has 0 spiro atoms. The van der Waals surface area contributed by atoms with Crippen LogP contribution in [0.1, 0.15) is 60.0 Å². The van der Waals surface area contributed by atoms with Gasteiger partial charge in [0.25, 0.3) is 5.91 Å². The zero-order valence-electron chi connectivity index (χ0n) is 17.7. The molecule has 7 nitrogen and oxygen atoms in total. The molecule has 1 aliphatic rings.